The first-order valence-corrected chi connectivity index (χ1v) is 11.6. The standard InChI is InChI=1S/C27H29FN2O5/c1-33-24-12-9-19(16-25(24)34-2)13-14-29(17-21-6-5-15-35-21)26(31)18-30(20-10-11-20)27(32)22-7-3-4-8-23(22)28/h3-9,12,15-16,20H,10-11,13-14,17-18H2,1-2H3. The van der Waals surface area contributed by atoms with Gasteiger partial charge in [0.05, 0.1) is 32.6 Å². The molecular formula is C27H29FN2O5. The van der Waals surface area contributed by atoms with Gasteiger partial charge in [0, 0.05) is 12.6 Å². The molecule has 2 amide bonds. The number of amides is 2. The van der Waals surface area contributed by atoms with Crippen LogP contribution in [0, 0.1) is 5.82 Å². The average molecular weight is 481 g/mol. The molecular weight excluding hydrogens is 451 g/mol. The normalized spacial score (nSPS) is 12.8. The third-order valence-corrected chi connectivity index (χ3v) is 6.06. The van der Waals surface area contributed by atoms with Gasteiger partial charge < -0.3 is 23.7 Å². The third-order valence-electron chi connectivity index (χ3n) is 6.06. The molecule has 0 bridgehead atoms. The first-order valence-electron chi connectivity index (χ1n) is 11.6. The molecule has 1 aliphatic rings. The summed E-state index contributed by atoms with van der Waals surface area (Å²) >= 11 is 0. The van der Waals surface area contributed by atoms with E-state index in [2.05, 4.69) is 0 Å². The molecule has 2 aromatic carbocycles. The molecule has 0 atom stereocenters. The van der Waals surface area contributed by atoms with Gasteiger partial charge in [0.15, 0.2) is 11.5 Å². The summed E-state index contributed by atoms with van der Waals surface area (Å²) < 4.78 is 30.4. The van der Waals surface area contributed by atoms with E-state index in [0.717, 1.165) is 18.4 Å². The Morgan fingerprint density at radius 1 is 1.03 bits per heavy atom. The number of ether oxygens (including phenoxy) is 2. The van der Waals surface area contributed by atoms with Crippen LogP contribution < -0.4 is 9.47 Å². The second-order valence-corrected chi connectivity index (χ2v) is 8.48. The molecule has 1 fully saturated rings. The van der Waals surface area contributed by atoms with Crippen molar-refractivity contribution in [3.8, 4) is 11.5 Å². The van der Waals surface area contributed by atoms with Gasteiger partial charge in [0.1, 0.15) is 18.1 Å². The zero-order chi connectivity index (χ0) is 24.8. The molecule has 8 heteroatoms. The highest BCUT2D eigenvalue weighted by molar-refractivity contribution is 5.97. The van der Waals surface area contributed by atoms with Crippen molar-refractivity contribution in [2.45, 2.75) is 31.8 Å². The Hall–Kier alpha value is -3.81. The van der Waals surface area contributed by atoms with Crippen molar-refractivity contribution in [3.63, 3.8) is 0 Å². The van der Waals surface area contributed by atoms with Crippen LogP contribution in [0.4, 0.5) is 4.39 Å². The minimum atomic E-state index is -0.587. The quantitative estimate of drug-likeness (QED) is 0.409. The van der Waals surface area contributed by atoms with E-state index in [9.17, 15) is 14.0 Å². The molecule has 1 aromatic heterocycles. The van der Waals surface area contributed by atoms with E-state index >= 15 is 0 Å². The lowest BCUT2D eigenvalue weighted by molar-refractivity contribution is -0.132. The molecule has 0 saturated heterocycles. The van der Waals surface area contributed by atoms with Gasteiger partial charge in [-0.3, -0.25) is 9.59 Å². The molecule has 35 heavy (non-hydrogen) atoms. The molecule has 0 N–H and O–H groups in total. The zero-order valence-corrected chi connectivity index (χ0v) is 19.9. The van der Waals surface area contributed by atoms with Crippen molar-refractivity contribution in [2.24, 2.45) is 0 Å². The van der Waals surface area contributed by atoms with Gasteiger partial charge >= 0.3 is 0 Å². The number of carbonyl (C=O) groups excluding carboxylic acids is 2. The second-order valence-electron chi connectivity index (χ2n) is 8.48. The highest BCUT2D eigenvalue weighted by Crippen LogP contribution is 2.30. The van der Waals surface area contributed by atoms with Gasteiger partial charge in [0.2, 0.25) is 5.91 Å². The van der Waals surface area contributed by atoms with Crippen molar-refractivity contribution in [3.05, 3.63) is 83.6 Å². The number of nitrogens with zero attached hydrogens (tertiary/aromatic N) is 2. The van der Waals surface area contributed by atoms with E-state index in [-0.39, 0.29) is 30.6 Å². The van der Waals surface area contributed by atoms with Gasteiger partial charge in [-0.2, -0.15) is 0 Å². The predicted molar refractivity (Wildman–Crippen MR) is 128 cm³/mol. The molecule has 0 spiro atoms. The van der Waals surface area contributed by atoms with Crippen molar-refractivity contribution in [1.82, 2.24) is 9.80 Å². The highest BCUT2D eigenvalue weighted by Gasteiger charge is 2.36. The van der Waals surface area contributed by atoms with E-state index in [4.69, 9.17) is 13.9 Å². The maximum Gasteiger partial charge on any atom is 0.257 e. The first-order chi connectivity index (χ1) is 17.0. The van der Waals surface area contributed by atoms with Gasteiger partial charge in [-0.1, -0.05) is 18.2 Å². The topological polar surface area (TPSA) is 72.2 Å². The van der Waals surface area contributed by atoms with E-state index in [1.165, 1.54) is 23.1 Å². The summed E-state index contributed by atoms with van der Waals surface area (Å²) in [5, 5.41) is 0. The van der Waals surface area contributed by atoms with Crippen LogP contribution in [-0.2, 0) is 17.8 Å². The molecule has 7 nitrogen and oxygen atoms in total. The monoisotopic (exact) mass is 480 g/mol. The van der Waals surface area contributed by atoms with Crippen LogP contribution in [0.2, 0.25) is 0 Å². The molecule has 0 aliphatic heterocycles. The summed E-state index contributed by atoms with van der Waals surface area (Å²) in [4.78, 5) is 29.7. The minimum absolute atomic E-state index is 0.0184. The molecule has 0 unspecified atom stereocenters. The van der Waals surface area contributed by atoms with E-state index in [1.54, 1.807) is 43.6 Å². The fourth-order valence-corrected chi connectivity index (χ4v) is 3.97. The van der Waals surface area contributed by atoms with Gasteiger partial charge in [0.25, 0.3) is 5.91 Å². The second kappa shape index (κ2) is 11.1. The fourth-order valence-electron chi connectivity index (χ4n) is 3.97. The lowest BCUT2D eigenvalue weighted by Gasteiger charge is -2.27. The van der Waals surface area contributed by atoms with Crippen LogP contribution >= 0.6 is 0 Å². The van der Waals surface area contributed by atoms with Crippen LogP contribution in [0.15, 0.2) is 65.3 Å². The van der Waals surface area contributed by atoms with Crippen LogP contribution in [0.5, 0.6) is 11.5 Å². The maximum atomic E-state index is 14.3. The summed E-state index contributed by atoms with van der Waals surface area (Å²) in [5.74, 6) is 0.617. The van der Waals surface area contributed by atoms with Crippen LogP contribution in [0.3, 0.4) is 0 Å². The van der Waals surface area contributed by atoms with Crippen LogP contribution in [0.1, 0.15) is 34.5 Å². The van der Waals surface area contributed by atoms with Gasteiger partial charge in [-0.25, -0.2) is 4.39 Å². The number of hydrogen-bond donors (Lipinski definition) is 0. The Morgan fingerprint density at radius 3 is 2.46 bits per heavy atom. The number of hydrogen-bond acceptors (Lipinski definition) is 5. The third kappa shape index (κ3) is 6.01. The number of benzene rings is 2. The summed E-state index contributed by atoms with van der Waals surface area (Å²) in [6.07, 6.45) is 3.73. The maximum absolute atomic E-state index is 14.3. The smallest absolute Gasteiger partial charge is 0.257 e. The number of methoxy groups -OCH3 is 2. The Balaban J connectivity index is 1.50. The Kier molecular flexibility index (Phi) is 7.70. The van der Waals surface area contributed by atoms with Crippen LogP contribution in [-0.4, -0.2) is 55.0 Å². The summed E-state index contributed by atoms with van der Waals surface area (Å²) in [6, 6.07) is 15.0. The molecule has 4 rings (SSSR count). The summed E-state index contributed by atoms with van der Waals surface area (Å²) in [5.41, 5.74) is 0.955. The van der Waals surface area contributed by atoms with E-state index in [1.807, 2.05) is 18.2 Å². The van der Waals surface area contributed by atoms with Crippen LogP contribution in [0.25, 0.3) is 0 Å². The predicted octanol–water partition coefficient (Wildman–Crippen LogP) is 4.31. The molecule has 184 valence electrons. The van der Waals surface area contributed by atoms with Crippen molar-refractivity contribution < 1.29 is 27.9 Å². The number of halogens is 1. The molecule has 1 heterocycles. The highest BCUT2D eigenvalue weighted by atomic mass is 19.1. The number of rotatable bonds is 11. The molecule has 3 aromatic rings. The first kappa shape index (κ1) is 24.3. The number of carbonyl (C=O) groups is 2. The SMILES string of the molecule is COc1ccc(CCN(Cc2ccco2)C(=O)CN(C(=O)c2ccccc2F)C2CC2)cc1OC. The Labute approximate surface area is 204 Å². The summed E-state index contributed by atoms with van der Waals surface area (Å²) in [7, 11) is 3.16. The molecule has 0 radical (unpaired) electrons. The van der Waals surface area contributed by atoms with Crippen molar-refractivity contribution >= 4 is 11.8 Å². The number of furan rings is 1. The molecule has 1 aliphatic carbocycles. The Morgan fingerprint density at radius 2 is 1.80 bits per heavy atom. The summed E-state index contributed by atoms with van der Waals surface area (Å²) in [6.45, 7) is 0.553. The zero-order valence-electron chi connectivity index (χ0n) is 19.9. The van der Waals surface area contributed by atoms with Crippen molar-refractivity contribution in [1.29, 1.82) is 0 Å². The van der Waals surface area contributed by atoms with Gasteiger partial charge in [-0.15, -0.1) is 0 Å². The largest absolute Gasteiger partial charge is 0.493 e. The fraction of sp³-hybridized carbons (Fsp3) is 0.333. The Bertz CT molecular complexity index is 1160. The minimum Gasteiger partial charge on any atom is -0.493 e. The lowest BCUT2D eigenvalue weighted by atomic mass is 10.1. The van der Waals surface area contributed by atoms with E-state index in [0.29, 0.717) is 30.2 Å². The van der Waals surface area contributed by atoms with Gasteiger partial charge in [-0.05, 0) is 61.2 Å². The van der Waals surface area contributed by atoms with E-state index < -0.39 is 11.7 Å². The molecule has 1 saturated carbocycles. The van der Waals surface area contributed by atoms with Crippen molar-refractivity contribution in [2.75, 3.05) is 27.3 Å². The lowest BCUT2D eigenvalue weighted by Crippen LogP contribution is -2.44. The average Bonchev–Trinajstić information content (AvgIpc) is 3.59.